The van der Waals surface area contributed by atoms with Crippen LogP contribution in [0.3, 0.4) is 0 Å². The van der Waals surface area contributed by atoms with E-state index in [0.29, 0.717) is 5.65 Å². The Bertz CT molecular complexity index is 802. The molecule has 3 N–H and O–H groups in total. The normalized spacial score (nSPS) is 12.1. The van der Waals surface area contributed by atoms with Crippen LogP contribution in [-0.4, -0.2) is 32.3 Å². The highest BCUT2D eigenvalue weighted by molar-refractivity contribution is 5.87. The van der Waals surface area contributed by atoms with Crippen LogP contribution >= 0.6 is 0 Å². The van der Waals surface area contributed by atoms with E-state index in [0.717, 1.165) is 0 Å². The number of hydrogen-bond acceptors (Lipinski definition) is 4. The highest BCUT2D eigenvalue weighted by atomic mass is 19.1. The second-order valence-electron chi connectivity index (χ2n) is 4.81. The van der Waals surface area contributed by atoms with Crippen molar-refractivity contribution in [1.29, 1.82) is 0 Å². The number of urea groups is 1. The van der Waals surface area contributed by atoms with Gasteiger partial charge in [0.25, 0.3) is 5.95 Å². The molecule has 0 aliphatic heterocycles. The molecule has 1 aromatic carbocycles. The van der Waals surface area contributed by atoms with Crippen LogP contribution in [0.4, 0.5) is 15.1 Å². The first-order valence-electron chi connectivity index (χ1n) is 6.92. The average Bonchev–Trinajstić information content (AvgIpc) is 2.95. The third kappa shape index (κ3) is 3.43. The molecular formula is C15H14FN5O2. The molecule has 2 heterocycles. The fraction of sp³-hybridized carbons (Fsp3) is 0.133. The van der Waals surface area contributed by atoms with Crippen LogP contribution in [0.2, 0.25) is 0 Å². The topological polar surface area (TPSA) is 91.5 Å². The molecule has 7 nitrogen and oxygen atoms in total. The smallest absolute Gasteiger partial charge is 0.321 e. The number of carbonyl (C=O) groups excluding carboxylic acids is 1. The van der Waals surface area contributed by atoms with Crippen LogP contribution in [0.1, 0.15) is 11.7 Å². The number of nitrogens with one attached hydrogen (secondary N) is 2. The predicted molar refractivity (Wildman–Crippen MR) is 81.4 cm³/mol. The van der Waals surface area contributed by atoms with E-state index in [-0.39, 0.29) is 18.1 Å². The quantitative estimate of drug-likeness (QED) is 0.683. The van der Waals surface area contributed by atoms with Crippen molar-refractivity contribution in [3.63, 3.8) is 0 Å². The number of aromatic nitrogens is 3. The predicted octanol–water partition coefficient (Wildman–Crippen LogP) is 1.72. The third-order valence-corrected chi connectivity index (χ3v) is 3.19. The number of amides is 2. The third-order valence-electron chi connectivity index (χ3n) is 3.19. The highest BCUT2D eigenvalue weighted by Crippen LogP contribution is 2.15. The first kappa shape index (κ1) is 14.9. The van der Waals surface area contributed by atoms with Crippen LogP contribution in [0.25, 0.3) is 5.65 Å². The molecule has 0 aliphatic carbocycles. The maximum Gasteiger partial charge on any atom is 0.321 e. The van der Waals surface area contributed by atoms with Gasteiger partial charge in [-0.15, -0.1) is 5.10 Å². The second-order valence-corrected chi connectivity index (χ2v) is 4.81. The Morgan fingerprint density at radius 2 is 2.04 bits per heavy atom. The van der Waals surface area contributed by atoms with Crippen molar-refractivity contribution in [1.82, 2.24) is 19.9 Å². The molecule has 0 bridgehead atoms. The molecule has 2 amide bonds. The van der Waals surface area contributed by atoms with Gasteiger partial charge in [-0.25, -0.2) is 13.7 Å². The number of rotatable bonds is 4. The zero-order chi connectivity index (χ0) is 16.2. The second kappa shape index (κ2) is 6.41. The van der Waals surface area contributed by atoms with Gasteiger partial charge in [0.1, 0.15) is 5.82 Å². The van der Waals surface area contributed by atoms with Crippen LogP contribution in [0, 0.1) is 5.82 Å². The van der Waals surface area contributed by atoms with Crippen LogP contribution in [0.15, 0.2) is 48.7 Å². The fourth-order valence-corrected chi connectivity index (χ4v) is 2.07. The zero-order valence-corrected chi connectivity index (χ0v) is 12.0. The van der Waals surface area contributed by atoms with Crippen LogP contribution < -0.4 is 10.6 Å². The van der Waals surface area contributed by atoms with Gasteiger partial charge in [-0.2, -0.15) is 4.98 Å². The standard InChI is InChI=1S/C15H14FN5O2/c16-11-6-2-1-5-10(11)12(22)9-17-15(23)19-14-18-13-7-3-4-8-21(13)20-14/h1-8,12,22H,9H2,(H2,17,19,20,23). The molecule has 1 unspecified atom stereocenters. The molecule has 0 saturated heterocycles. The van der Waals surface area contributed by atoms with Gasteiger partial charge in [0.2, 0.25) is 0 Å². The van der Waals surface area contributed by atoms with E-state index in [2.05, 4.69) is 20.7 Å². The molecule has 0 fully saturated rings. The molecule has 0 radical (unpaired) electrons. The Kier molecular flexibility index (Phi) is 4.15. The SMILES string of the molecule is O=C(NCC(O)c1ccccc1F)Nc1nc2ccccn2n1. The minimum absolute atomic E-state index is 0.124. The number of halogens is 1. The molecule has 0 saturated carbocycles. The lowest BCUT2D eigenvalue weighted by molar-refractivity contribution is 0.170. The molecule has 23 heavy (non-hydrogen) atoms. The van der Waals surface area contributed by atoms with Crippen molar-refractivity contribution in [2.24, 2.45) is 0 Å². The molecular weight excluding hydrogens is 301 g/mol. The largest absolute Gasteiger partial charge is 0.386 e. The van der Waals surface area contributed by atoms with Crippen LogP contribution in [-0.2, 0) is 0 Å². The number of nitrogens with zero attached hydrogens (tertiary/aromatic N) is 3. The molecule has 0 aliphatic rings. The highest BCUT2D eigenvalue weighted by Gasteiger charge is 2.14. The number of benzene rings is 1. The Morgan fingerprint density at radius 3 is 2.83 bits per heavy atom. The van der Waals surface area contributed by atoms with Gasteiger partial charge in [-0.3, -0.25) is 5.32 Å². The van der Waals surface area contributed by atoms with Gasteiger partial charge in [0, 0.05) is 18.3 Å². The van der Waals surface area contributed by atoms with Gasteiger partial charge in [-0.05, 0) is 18.2 Å². The Balaban J connectivity index is 1.58. The van der Waals surface area contributed by atoms with Gasteiger partial charge < -0.3 is 10.4 Å². The van der Waals surface area contributed by atoms with E-state index < -0.39 is 18.0 Å². The van der Waals surface area contributed by atoms with E-state index in [1.807, 2.05) is 0 Å². The molecule has 1 atom stereocenters. The molecule has 3 aromatic rings. The summed E-state index contributed by atoms with van der Waals surface area (Å²) in [6.07, 6.45) is 0.559. The summed E-state index contributed by atoms with van der Waals surface area (Å²) < 4.78 is 15.0. The van der Waals surface area contributed by atoms with Crippen molar-refractivity contribution >= 4 is 17.6 Å². The Morgan fingerprint density at radius 1 is 1.26 bits per heavy atom. The number of hydrogen-bond donors (Lipinski definition) is 3. The summed E-state index contributed by atoms with van der Waals surface area (Å²) in [5.74, 6) is -0.390. The fourth-order valence-electron chi connectivity index (χ4n) is 2.07. The molecule has 3 rings (SSSR count). The molecule has 8 heteroatoms. The summed E-state index contributed by atoms with van der Waals surface area (Å²) in [5.41, 5.74) is 0.716. The number of anilines is 1. The van der Waals surface area contributed by atoms with Crippen molar-refractivity contribution in [3.05, 3.63) is 60.0 Å². The Labute approximate surface area is 130 Å². The number of aliphatic hydroxyl groups is 1. The molecule has 118 valence electrons. The first-order chi connectivity index (χ1) is 11.1. The summed E-state index contributed by atoms with van der Waals surface area (Å²) >= 11 is 0. The molecule has 2 aromatic heterocycles. The van der Waals surface area contributed by atoms with Crippen molar-refractivity contribution in [2.45, 2.75) is 6.10 Å². The van der Waals surface area contributed by atoms with Gasteiger partial charge in [0.05, 0.1) is 6.10 Å². The van der Waals surface area contributed by atoms with Gasteiger partial charge in [-0.1, -0.05) is 24.3 Å². The van der Waals surface area contributed by atoms with Crippen molar-refractivity contribution < 1.29 is 14.3 Å². The minimum Gasteiger partial charge on any atom is -0.386 e. The van der Waals surface area contributed by atoms with Crippen molar-refractivity contribution in [3.8, 4) is 0 Å². The lowest BCUT2D eigenvalue weighted by Gasteiger charge is -2.12. The van der Waals surface area contributed by atoms with E-state index >= 15 is 0 Å². The maximum absolute atomic E-state index is 13.5. The lowest BCUT2D eigenvalue weighted by atomic mass is 10.1. The van der Waals surface area contributed by atoms with E-state index in [9.17, 15) is 14.3 Å². The minimum atomic E-state index is -1.14. The summed E-state index contributed by atoms with van der Waals surface area (Å²) in [7, 11) is 0. The Hall–Kier alpha value is -3.00. The number of aliphatic hydroxyl groups excluding tert-OH is 1. The number of pyridine rings is 1. The summed E-state index contributed by atoms with van der Waals surface area (Å²) in [4.78, 5) is 15.9. The van der Waals surface area contributed by atoms with Crippen molar-refractivity contribution in [2.75, 3.05) is 11.9 Å². The average molecular weight is 315 g/mol. The summed E-state index contributed by atoms with van der Waals surface area (Å²) in [6.45, 7) is -0.139. The zero-order valence-electron chi connectivity index (χ0n) is 12.0. The van der Waals surface area contributed by atoms with Gasteiger partial charge in [0.15, 0.2) is 5.65 Å². The number of carbonyl (C=O) groups is 1. The summed E-state index contributed by atoms with van der Waals surface area (Å²) in [5, 5.41) is 18.9. The monoisotopic (exact) mass is 315 g/mol. The van der Waals surface area contributed by atoms with E-state index in [1.54, 1.807) is 30.5 Å². The van der Waals surface area contributed by atoms with E-state index in [4.69, 9.17) is 0 Å². The number of fused-ring (bicyclic) bond motifs is 1. The first-order valence-corrected chi connectivity index (χ1v) is 6.92. The maximum atomic E-state index is 13.5. The summed E-state index contributed by atoms with van der Waals surface area (Å²) in [6, 6.07) is 10.6. The molecule has 0 spiro atoms. The van der Waals surface area contributed by atoms with Crippen LogP contribution in [0.5, 0.6) is 0 Å². The lowest BCUT2D eigenvalue weighted by Crippen LogP contribution is -2.33. The van der Waals surface area contributed by atoms with E-state index in [1.165, 1.54) is 22.7 Å². The van der Waals surface area contributed by atoms with Gasteiger partial charge >= 0.3 is 6.03 Å².